The van der Waals surface area contributed by atoms with Crippen LogP contribution in [0.2, 0.25) is 0 Å². The standard InChI is InChI=1S/C21H30N4O2/c1-15-20(23-14-22-15)21(27)24-10-5-8-17(13-24)18-9-2-3-11-25(18)19(26)12-16-6-4-7-16/h12,14,17-18H,2-11,13H2,1H3,(H,22,23). The maximum Gasteiger partial charge on any atom is 0.274 e. The highest BCUT2D eigenvalue weighted by Gasteiger charge is 2.36. The number of aromatic amines is 1. The Morgan fingerprint density at radius 1 is 1.15 bits per heavy atom. The molecule has 1 aromatic rings. The summed E-state index contributed by atoms with van der Waals surface area (Å²) in [5.41, 5.74) is 2.66. The number of imidazole rings is 1. The molecule has 2 unspecified atom stereocenters. The van der Waals surface area contributed by atoms with Crippen LogP contribution in [0.1, 0.15) is 67.5 Å². The van der Waals surface area contributed by atoms with Gasteiger partial charge in [0.2, 0.25) is 5.91 Å². The monoisotopic (exact) mass is 370 g/mol. The minimum absolute atomic E-state index is 0.0173. The van der Waals surface area contributed by atoms with Crippen LogP contribution >= 0.6 is 0 Å². The highest BCUT2D eigenvalue weighted by atomic mass is 16.2. The Morgan fingerprint density at radius 2 is 2.00 bits per heavy atom. The molecule has 0 spiro atoms. The smallest absolute Gasteiger partial charge is 0.274 e. The number of rotatable bonds is 3. The minimum Gasteiger partial charge on any atom is -0.348 e. The first kappa shape index (κ1) is 18.3. The van der Waals surface area contributed by atoms with Crippen LogP contribution in [0.15, 0.2) is 18.0 Å². The number of amides is 2. The Bertz CT molecular complexity index is 732. The lowest BCUT2D eigenvalue weighted by molar-refractivity contribution is -0.131. The first-order valence-corrected chi connectivity index (χ1v) is 10.4. The van der Waals surface area contributed by atoms with Crippen LogP contribution < -0.4 is 0 Å². The molecule has 3 heterocycles. The number of nitrogens with zero attached hydrogens (tertiary/aromatic N) is 3. The van der Waals surface area contributed by atoms with Crippen molar-refractivity contribution in [1.82, 2.24) is 19.8 Å². The molecular formula is C21H30N4O2. The second-order valence-corrected chi connectivity index (χ2v) is 8.28. The lowest BCUT2D eigenvalue weighted by atomic mass is 9.84. The van der Waals surface area contributed by atoms with E-state index in [9.17, 15) is 9.59 Å². The molecule has 1 aliphatic carbocycles. The van der Waals surface area contributed by atoms with Gasteiger partial charge < -0.3 is 14.8 Å². The van der Waals surface area contributed by atoms with Crippen LogP contribution in [-0.4, -0.2) is 57.3 Å². The Morgan fingerprint density at radius 3 is 2.70 bits per heavy atom. The number of aryl methyl sites for hydroxylation is 1. The largest absolute Gasteiger partial charge is 0.348 e. The molecule has 6 nitrogen and oxygen atoms in total. The van der Waals surface area contributed by atoms with Gasteiger partial charge in [-0.05, 0) is 64.2 Å². The van der Waals surface area contributed by atoms with Crippen LogP contribution in [0.3, 0.4) is 0 Å². The molecule has 1 saturated carbocycles. The maximum absolute atomic E-state index is 12.9. The van der Waals surface area contributed by atoms with Gasteiger partial charge >= 0.3 is 0 Å². The van der Waals surface area contributed by atoms with Gasteiger partial charge in [0.05, 0.1) is 6.33 Å². The number of hydrogen-bond acceptors (Lipinski definition) is 3. The average Bonchev–Trinajstić information content (AvgIpc) is 3.10. The van der Waals surface area contributed by atoms with E-state index in [-0.39, 0.29) is 17.9 Å². The number of aromatic nitrogens is 2. The van der Waals surface area contributed by atoms with Gasteiger partial charge in [-0.2, -0.15) is 0 Å². The number of carbonyl (C=O) groups excluding carboxylic acids is 2. The summed E-state index contributed by atoms with van der Waals surface area (Å²) >= 11 is 0. The fourth-order valence-corrected chi connectivity index (χ4v) is 4.74. The number of allylic oxidation sites excluding steroid dienone is 1. The van der Waals surface area contributed by atoms with Crippen LogP contribution in [0.4, 0.5) is 0 Å². The van der Waals surface area contributed by atoms with Crippen molar-refractivity contribution in [2.24, 2.45) is 5.92 Å². The summed E-state index contributed by atoms with van der Waals surface area (Å²) in [5, 5.41) is 0. The number of carbonyl (C=O) groups is 2. The predicted molar refractivity (Wildman–Crippen MR) is 103 cm³/mol. The van der Waals surface area contributed by atoms with Crippen LogP contribution in [-0.2, 0) is 4.79 Å². The molecule has 0 bridgehead atoms. The topological polar surface area (TPSA) is 69.3 Å². The van der Waals surface area contributed by atoms with Gasteiger partial charge in [0, 0.05) is 37.4 Å². The summed E-state index contributed by atoms with van der Waals surface area (Å²) in [5.74, 6) is 0.579. The third-order valence-corrected chi connectivity index (χ3v) is 6.48. The normalized spacial score (nSPS) is 25.9. The van der Waals surface area contributed by atoms with E-state index in [1.54, 1.807) is 6.33 Å². The molecule has 2 atom stereocenters. The van der Waals surface area contributed by atoms with E-state index in [0.29, 0.717) is 11.6 Å². The summed E-state index contributed by atoms with van der Waals surface area (Å²) in [4.78, 5) is 37.0. The van der Waals surface area contributed by atoms with Gasteiger partial charge in [-0.1, -0.05) is 5.57 Å². The molecular weight excluding hydrogens is 340 g/mol. The van der Waals surface area contributed by atoms with Crippen molar-refractivity contribution >= 4 is 11.8 Å². The molecule has 1 N–H and O–H groups in total. The number of nitrogens with one attached hydrogen (secondary N) is 1. The van der Waals surface area contributed by atoms with E-state index in [0.717, 1.165) is 63.9 Å². The van der Waals surface area contributed by atoms with Gasteiger partial charge in [0.1, 0.15) is 5.69 Å². The molecule has 2 aliphatic heterocycles. The molecule has 1 aromatic heterocycles. The van der Waals surface area contributed by atoms with Gasteiger partial charge in [0.25, 0.3) is 5.91 Å². The van der Waals surface area contributed by atoms with Crippen LogP contribution in [0, 0.1) is 12.8 Å². The van der Waals surface area contributed by atoms with Crippen molar-refractivity contribution in [3.63, 3.8) is 0 Å². The van der Waals surface area contributed by atoms with E-state index >= 15 is 0 Å². The predicted octanol–water partition coefficient (Wildman–Crippen LogP) is 3.06. The lowest BCUT2D eigenvalue weighted by Gasteiger charge is -2.44. The fourth-order valence-electron chi connectivity index (χ4n) is 4.74. The lowest BCUT2D eigenvalue weighted by Crippen LogP contribution is -2.52. The molecule has 146 valence electrons. The van der Waals surface area contributed by atoms with Gasteiger partial charge in [-0.3, -0.25) is 9.59 Å². The highest BCUT2D eigenvalue weighted by molar-refractivity contribution is 5.93. The molecule has 27 heavy (non-hydrogen) atoms. The SMILES string of the molecule is Cc1[nH]cnc1C(=O)N1CCCC(C2CCCCN2C(=O)C=C2CCC2)C1. The number of likely N-dealkylation sites (tertiary alicyclic amines) is 2. The molecule has 6 heteroatoms. The van der Waals surface area contributed by atoms with Gasteiger partial charge in [-0.15, -0.1) is 0 Å². The molecule has 2 amide bonds. The first-order valence-electron chi connectivity index (χ1n) is 10.4. The summed E-state index contributed by atoms with van der Waals surface area (Å²) < 4.78 is 0. The zero-order valence-corrected chi connectivity index (χ0v) is 16.2. The molecule has 4 rings (SSSR count). The summed E-state index contributed by atoms with van der Waals surface area (Å²) in [7, 11) is 0. The van der Waals surface area contributed by atoms with Crippen LogP contribution in [0.25, 0.3) is 0 Å². The van der Waals surface area contributed by atoms with Crippen molar-refractivity contribution in [2.45, 2.75) is 64.3 Å². The number of H-pyrrole nitrogens is 1. The Hall–Kier alpha value is -2.11. The van der Waals surface area contributed by atoms with Crippen molar-refractivity contribution in [3.05, 3.63) is 29.4 Å². The molecule has 0 aromatic carbocycles. The summed E-state index contributed by atoms with van der Waals surface area (Å²) in [6.07, 6.45) is 12.3. The van der Waals surface area contributed by atoms with Crippen molar-refractivity contribution in [1.29, 1.82) is 0 Å². The molecule has 3 fully saturated rings. The molecule has 2 saturated heterocycles. The third-order valence-electron chi connectivity index (χ3n) is 6.48. The van der Waals surface area contributed by atoms with E-state index in [1.807, 2.05) is 17.9 Å². The minimum atomic E-state index is 0.0173. The quantitative estimate of drug-likeness (QED) is 0.832. The second-order valence-electron chi connectivity index (χ2n) is 8.28. The second kappa shape index (κ2) is 7.87. The zero-order valence-electron chi connectivity index (χ0n) is 16.2. The van der Waals surface area contributed by atoms with Crippen molar-refractivity contribution in [2.75, 3.05) is 19.6 Å². The van der Waals surface area contributed by atoms with E-state index in [1.165, 1.54) is 18.4 Å². The summed E-state index contributed by atoms with van der Waals surface area (Å²) in [6, 6.07) is 0.263. The van der Waals surface area contributed by atoms with Crippen LogP contribution in [0.5, 0.6) is 0 Å². The number of piperidine rings is 2. The van der Waals surface area contributed by atoms with E-state index in [4.69, 9.17) is 0 Å². The maximum atomic E-state index is 12.9. The highest BCUT2D eigenvalue weighted by Crippen LogP contribution is 2.32. The Labute approximate surface area is 161 Å². The van der Waals surface area contributed by atoms with Crippen molar-refractivity contribution in [3.8, 4) is 0 Å². The Kier molecular flexibility index (Phi) is 5.32. The van der Waals surface area contributed by atoms with Gasteiger partial charge in [0.15, 0.2) is 0 Å². The van der Waals surface area contributed by atoms with E-state index < -0.39 is 0 Å². The first-order chi connectivity index (χ1) is 13.1. The summed E-state index contributed by atoms with van der Waals surface area (Å²) in [6.45, 7) is 4.26. The third kappa shape index (κ3) is 3.80. The number of hydrogen-bond donors (Lipinski definition) is 1. The molecule has 3 aliphatic rings. The van der Waals surface area contributed by atoms with E-state index in [2.05, 4.69) is 14.9 Å². The zero-order chi connectivity index (χ0) is 18.8. The average molecular weight is 370 g/mol. The van der Waals surface area contributed by atoms with Crippen molar-refractivity contribution < 1.29 is 9.59 Å². The molecule has 0 radical (unpaired) electrons. The van der Waals surface area contributed by atoms with Gasteiger partial charge in [-0.25, -0.2) is 4.98 Å². The Balaban J connectivity index is 1.46. The fraction of sp³-hybridized carbons (Fsp3) is 0.667.